The van der Waals surface area contributed by atoms with Crippen molar-refractivity contribution in [3.8, 4) is 0 Å². The third kappa shape index (κ3) is 3.16. The SMILES string of the molecule is CCC(O)C1CCCCN1CCn1cnc2c1c(=O)n(C)c(=O)n2C. The van der Waals surface area contributed by atoms with Crippen molar-refractivity contribution in [2.45, 2.75) is 51.3 Å². The Morgan fingerprint density at radius 1 is 1.24 bits per heavy atom. The first-order chi connectivity index (χ1) is 12.0. The van der Waals surface area contributed by atoms with Gasteiger partial charge in [-0.15, -0.1) is 0 Å². The third-order valence-electron chi connectivity index (χ3n) is 5.37. The Labute approximate surface area is 146 Å². The normalized spacial score (nSPS) is 20.2. The summed E-state index contributed by atoms with van der Waals surface area (Å²) in [6.45, 7) is 4.33. The number of fused-ring (bicyclic) bond motifs is 1. The van der Waals surface area contributed by atoms with Crippen molar-refractivity contribution in [1.82, 2.24) is 23.6 Å². The summed E-state index contributed by atoms with van der Waals surface area (Å²) in [7, 11) is 3.11. The Bertz CT molecular complexity index is 866. The molecule has 1 aliphatic rings. The highest BCUT2D eigenvalue weighted by Gasteiger charge is 2.27. The number of nitrogens with zero attached hydrogens (tertiary/aromatic N) is 5. The van der Waals surface area contributed by atoms with E-state index in [1.165, 1.54) is 11.6 Å². The summed E-state index contributed by atoms with van der Waals surface area (Å²) in [4.78, 5) is 31.1. The molecule has 2 aromatic rings. The Morgan fingerprint density at radius 2 is 2.00 bits per heavy atom. The second kappa shape index (κ2) is 7.13. The summed E-state index contributed by atoms with van der Waals surface area (Å²) in [6, 6.07) is 0.181. The van der Waals surface area contributed by atoms with E-state index in [-0.39, 0.29) is 23.4 Å². The highest BCUT2D eigenvalue weighted by molar-refractivity contribution is 5.69. The molecule has 2 unspecified atom stereocenters. The Balaban J connectivity index is 1.86. The monoisotopic (exact) mass is 349 g/mol. The lowest BCUT2D eigenvalue weighted by atomic mass is 9.96. The van der Waals surface area contributed by atoms with Crippen LogP contribution in [0.5, 0.6) is 0 Å². The van der Waals surface area contributed by atoms with E-state index in [1.54, 1.807) is 13.4 Å². The van der Waals surface area contributed by atoms with Gasteiger partial charge in [-0.2, -0.15) is 0 Å². The molecule has 0 aliphatic carbocycles. The van der Waals surface area contributed by atoms with Crippen LogP contribution in [0.25, 0.3) is 11.2 Å². The van der Waals surface area contributed by atoms with Crippen LogP contribution in [-0.2, 0) is 20.6 Å². The predicted molar refractivity (Wildman–Crippen MR) is 95.7 cm³/mol. The van der Waals surface area contributed by atoms with E-state index in [4.69, 9.17) is 0 Å². The number of aliphatic hydroxyl groups excluding tert-OH is 1. The number of aliphatic hydroxyl groups is 1. The van der Waals surface area contributed by atoms with Crippen molar-refractivity contribution < 1.29 is 5.11 Å². The fourth-order valence-corrected chi connectivity index (χ4v) is 3.80. The summed E-state index contributed by atoms with van der Waals surface area (Å²) >= 11 is 0. The number of hydrogen-bond donors (Lipinski definition) is 1. The lowest BCUT2D eigenvalue weighted by Gasteiger charge is -2.38. The van der Waals surface area contributed by atoms with Crippen LogP contribution in [0.2, 0.25) is 0 Å². The van der Waals surface area contributed by atoms with Crippen LogP contribution in [0.4, 0.5) is 0 Å². The van der Waals surface area contributed by atoms with Crippen molar-refractivity contribution in [2.24, 2.45) is 14.1 Å². The zero-order chi connectivity index (χ0) is 18.1. The molecule has 0 aromatic carbocycles. The second-order valence-corrected chi connectivity index (χ2v) is 6.89. The molecule has 1 N–H and O–H groups in total. The van der Waals surface area contributed by atoms with E-state index < -0.39 is 0 Å². The largest absolute Gasteiger partial charge is 0.392 e. The number of hydrogen-bond acceptors (Lipinski definition) is 5. The van der Waals surface area contributed by atoms with Crippen LogP contribution in [0.15, 0.2) is 15.9 Å². The van der Waals surface area contributed by atoms with Gasteiger partial charge in [0.1, 0.15) is 0 Å². The first-order valence-electron chi connectivity index (χ1n) is 8.98. The summed E-state index contributed by atoms with van der Waals surface area (Å²) in [5, 5.41) is 10.3. The van der Waals surface area contributed by atoms with Gasteiger partial charge in [0, 0.05) is 33.2 Å². The van der Waals surface area contributed by atoms with Crippen molar-refractivity contribution in [1.29, 1.82) is 0 Å². The molecule has 0 spiro atoms. The average molecular weight is 349 g/mol. The van der Waals surface area contributed by atoms with Crippen LogP contribution >= 0.6 is 0 Å². The molecular weight excluding hydrogens is 322 g/mol. The lowest BCUT2D eigenvalue weighted by Crippen LogP contribution is -2.47. The topological polar surface area (TPSA) is 85.3 Å². The maximum absolute atomic E-state index is 12.5. The molecule has 0 saturated carbocycles. The molecule has 2 atom stereocenters. The first kappa shape index (κ1) is 17.9. The fraction of sp³-hybridized carbons (Fsp3) is 0.706. The van der Waals surface area contributed by atoms with Gasteiger partial charge in [-0.3, -0.25) is 18.8 Å². The van der Waals surface area contributed by atoms with Crippen molar-refractivity contribution in [3.63, 3.8) is 0 Å². The average Bonchev–Trinajstić information content (AvgIpc) is 3.06. The molecule has 8 heteroatoms. The minimum atomic E-state index is -0.370. The molecular formula is C17H27N5O3. The van der Waals surface area contributed by atoms with Crippen LogP contribution < -0.4 is 11.2 Å². The molecule has 1 aliphatic heterocycles. The molecule has 2 aromatic heterocycles. The van der Waals surface area contributed by atoms with Crippen LogP contribution in [-0.4, -0.2) is 53.9 Å². The summed E-state index contributed by atoms with van der Waals surface area (Å²) in [5.74, 6) is 0. The van der Waals surface area contributed by atoms with E-state index in [1.807, 2.05) is 11.5 Å². The van der Waals surface area contributed by atoms with E-state index in [9.17, 15) is 14.7 Å². The molecule has 1 saturated heterocycles. The van der Waals surface area contributed by atoms with E-state index in [0.717, 1.165) is 43.3 Å². The first-order valence-corrected chi connectivity index (χ1v) is 8.98. The molecule has 3 heterocycles. The number of likely N-dealkylation sites (tertiary alicyclic amines) is 1. The van der Waals surface area contributed by atoms with Crippen LogP contribution in [0.3, 0.4) is 0 Å². The molecule has 3 rings (SSSR count). The minimum absolute atomic E-state index is 0.181. The minimum Gasteiger partial charge on any atom is -0.392 e. The van der Waals surface area contributed by atoms with Gasteiger partial charge >= 0.3 is 5.69 Å². The van der Waals surface area contributed by atoms with Gasteiger partial charge in [-0.1, -0.05) is 13.3 Å². The summed E-state index contributed by atoms with van der Waals surface area (Å²) in [5.41, 5.74) is 0.176. The standard InChI is InChI=1S/C17H27N5O3/c1-4-13(23)12-7-5-6-8-21(12)9-10-22-11-18-15-14(22)16(24)20(3)17(25)19(15)2/h11-13,23H,4-10H2,1-3H3. The Kier molecular flexibility index (Phi) is 5.10. The van der Waals surface area contributed by atoms with E-state index >= 15 is 0 Å². The summed E-state index contributed by atoms with van der Waals surface area (Å²) in [6.07, 6.45) is 5.35. The number of imidazole rings is 1. The lowest BCUT2D eigenvalue weighted by molar-refractivity contribution is 0.0225. The quantitative estimate of drug-likeness (QED) is 0.825. The van der Waals surface area contributed by atoms with Crippen molar-refractivity contribution in [3.05, 3.63) is 27.2 Å². The highest BCUT2D eigenvalue weighted by atomic mass is 16.3. The van der Waals surface area contributed by atoms with Gasteiger partial charge in [0.2, 0.25) is 0 Å². The van der Waals surface area contributed by atoms with Gasteiger partial charge in [0.05, 0.1) is 12.4 Å². The Morgan fingerprint density at radius 3 is 2.72 bits per heavy atom. The van der Waals surface area contributed by atoms with Gasteiger partial charge in [0.15, 0.2) is 11.2 Å². The molecule has 0 amide bonds. The van der Waals surface area contributed by atoms with Gasteiger partial charge in [-0.05, 0) is 25.8 Å². The van der Waals surface area contributed by atoms with Crippen molar-refractivity contribution in [2.75, 3.05) is 13.1 Å². The molecule has 25 heavy (non-hydrogen) atoms. The van der Waals surface area contributed by atoms with E-state index in [0.29, 0.717) is 17.7 Å². The van der Waals surface area contributed by atoms with Crippen LogP contribution in [0.1, 0.15) is 32.6 Å². The molecule has 0 radical (unpaired) electrons. The number of aromatic nitrogens is 4. The number of piperidine rings is 1. The molecule has 0 bridgehead atoms. The van der Waals surface area contributed by atoms with Gasteiger partial charge < -0.3 is 9.67 Å². The van der Waals surface area contributed by atoms with Crippen molar-refractivity contribution >= 4 is 11.2 Å². The zero-order valence-electron chi connectivity index (χ0n) is 15.2. The van der Waals surface area contributed by atoms with E-state index in [2.05, 4.69) is 9.88 Å². The predicted octanol–water partition coefficient (Wildman–Crippen LogP) is 0.0591. The molecule has 138 valence electrons. The Hall–Kier alpha value is -1.93. The van der Waals surface area contributed by atoms with Crippen LogP contribution in [0, 0.1) is 0 Å². The second-order valence-electron chi connectivity index (χ2n) is 6.89. The smallest absolute Gasteiger partial charge is 0.332 e. The number of aryl methyl sites for hydroxylation is 1. The molecule has 8 nitrogen and oxygen atoms in total. The molecule has 1 fully saturated rings. The maximum Gasteiger partial charge on any atom is 0.332 e. The number of rotatable bonds is 5. The zero-order valence-corrected chi connectivity index (χ0v) is 15.2. The summed E-state index contributed by atoms with van der Waals surface area (Å²) < 4.78 is 4.34. The van der Waals surface area contributed by atoms with Gasteiger partial charge in [0.25, 0.3) is 5.56 Å². The third-order valence-corrected chi connectivity index (χ3v) is 5.37. The maximum atomic E-state index is 12.5. The fourth-order valence-electron chi connectivity index (χ4n) is 3.80. The van der Waals surface area contributed by atoms with Gasteiger partial charge in [-0.25, -0.2) is 9.78 Å². The highest BCUT2D eigenvalue weighted by Crippen LogP contribution is 2.21.